The summed E-state index contributed by atoms with van der Waals surface area (Å²) in [5.41, 5.74) is 0.779. The van der Waals surface area contributed by atoms with E-state index >= 15 is 0 Å². The van der Waals surface area contributed by atoms with Crippen molar-refractivity contribution in [3.63, 3.8) is 0 Å². The summed E-state index contributed by atoms with van der Waals surface area (Å²) < 4.78 is 43.7. The molecule has 0 spiro atoms. The summed E-state index contributed by atoms with van der Waals surface area (Å²) in [4.78, 5) is 11.4. The molecule has 2 aliphatic carbocycles. The smallest absolute Gasteiger partial charge is 0.374 e. The molecule has 5 heteroatoms. The molecule has 0 saturated heterocycles. The molecule has 0 aromatic heterocycles. The Morgan fingerprint density at radius 2 is 1.52 bits per heavy atom. The van der Waals surface area contributed by atoms with Crippen LogP contribution in [0.2, 0.25) is 0 Å². The van der Waals surface area contributed by atoms with Gasteiger partial charge in [0.05, 0.1) is 12.7 Å². The molecule has 0 aliphatic heterocycles. The maximum absolute atomic E-state index is 12.6. The van der Waals surface area contributed by atoms with Crippen molar-refractivity contribution in [1.29, 1.82) is 0 Å². The van der Waals surface area contributed by atoms with Crippen LogP contribution in [0, 0.1) is 11.8 Å². The van der Waals surface area contributed by atoms with Crippen LogP contribution in [0.15, 0.2) is 48.6 Å². The molecular weight excluding hydrogens is 401 g/mol. The van der Waals surface area contributed by atoms with Crippen LogP contribution in [0.1, 0.15) is 80.1 Å². The minimum atomic E-state index is -4.81. The van der Waals surface area contributed by atoms with E-state index in [9.17, 15) is 18.0 Å². The van der Waals surface area contributed by atoms with Crippen molar-refractivity contribution >= 4 is 5.78 Å². The van der Waals surface area contributed by atoms with Gasteiger partial charge in [-0.3, -0.25) is 4.79 Å². The maximum Gasteiger partial charge on any atom is 0.454 e. The molecule has 0 N–H and O–H groups in total. The Labute approximate surface area is 183 Å². The fourth-order valence-electron chi connectivity index (χ4n) is 5.16. The highest BCUT2D eigenvalue weighted by Gasteiger charge is 2.39. The van der Waals surface area contributed by atoms with Crippen molar-refractivity contribution in [2.45, 2.75) is 76.5 Å². The number of ether oxygens (including phenoxy) is 1. The zero-order valence-corrected chi connectivity index (χ0v) is 18.2. The Balaban J connectivity index is 1.41. The lowest BCUT2D eigenvalue weighted by molar-refractivity contribution is -0.0885. The SMILES string of the molecule is C/C=C/C=C/COC1CCC(C2CCC(c3ccc(C(=O)C(F)(F)F)cc3)CC2)CC1. The molecule has 3 rings (SSSR count). The molecule has 0 unspecified atom stereocenters. The lowest BCUT2D eigenvalue weighted by Crippen LogP contribution is -2.28. The number of Topliss-reactive ketones (excluding diaryl/α,β-unsaturated/α-hetero) is 1. The van der Waals surface area contributed by atoms with Gasteiger partial charge in [0, 0.05) is 5.56 Å². The first kappa shape index (κ1) is 23.8. The van der Waals surface area contributed by atoms with Gasteiger partial charge in [0.1, 0.15) is 0 Å². The van der Waals surface area contributed by atoms with Crippen LogP contribution in [-0.2, 0) is 4.74 Å². The molecule has 2 aliphatic rings. The van der Waals surface area contributed by atoms with Gasteiger partial charge >= 0.3 is 6.18 Å². The second-order valence-electron chi connectivity index (χ2n) is 8.88. The lowest BCUT2D eigenvalue weighted by Gasteiger charge is -2.38. The molecule has 0 amide bonds. The third-order valence-electron chi connectivity index (χ3n) is 6.93. The van der Waals surface area contributed by atoms with Gasteiger partial charge in [-0.15, -0.1) is 0 Å². The zero-order chi connectivity index (χ0) is 22.3. The molecule has 170 valence electrons. The van der Waals surface area contributed by atoms with Gasteiger partial charge in [0.25, 0.3) is 5.78 Å². The highest BCUT2D eigenvalue weighted by molar-refractivity contribution is 6.00. The predicted molar refractivity (Wildman–Crippen MR) is 117 cm³/mol. The number of carbonyl (C=O) groups is 1. The van der Waals surface area contributed by atoms with Gasteiger partial charge in [-0.25, -0.2) is 0 Å². The van der Waals surface area contributed by atoms with Gasteiger partial charge in [-0.1, -0.05) is 48.6 Å². The van der Waals surface area contributed by atoms with Gasteiger partial charge in [-0.05, 0) is 81.6 Å². The van der Waals surface area contributed by atoms with E-state index in [1.807, 2.05) is 25.2 Å². The van der Waals surface area contributed by atoms with Crippen molar-refractivity contribution < 1.29 is 22.7 Å². The van der Waals surface area contributed by atoms with Crippen molar-refractivity contribution in [2.24, 2.45) is 11.8 Å². The van der Waals surface area contributed by atoms with Crippen molar-refractivity contribution in [3.8, 4) is 0 Å². The van der Waals surface area contributed by atoms with Crippen LogP contribution in [0.25, 0.3) is 0 Å². The number of hydrogen-bond donors (Lipinski definition) is 0. The van der Waals surface area contributed by atoms with Crippen LogP contribution in [-0.4, -0.2) is 24.7 Å². The van der Waals surface area contributed by atoms with Crippen molar-refractivity contribution in [3.05, 3.63) is 59.7 Å². The number of allylic oxidation sites excluding steroid dienone is 3. The Morgan fingerprint density at radius 3 is 2.06 bits per heavy atom. The number of rotatable bonds is 7. The molecule has 31 heavy (non-hydrogen) atoms. The molecular formula is C26H33F3O2. The quantitative estimate of drug-likeness (QED) is 0.330. The summed E-state index contributed by atoms with van der Waals surface area (Å²) >= 11 is 0. The predicted octanol–water partition coefficient (Wildman–Crippen LogP) is 7.41. The third kappa shape index (κ3) is 6.80. The van der Waals surface area contributed by atoms with Crippen LogP contribution in [0.5, 0.6) is 0 Å². The fraction of sp³-hybridized carbons (Fsp3) is 0.577. The molecule has 0 bridgehead atoms. The number of ketones is 1. The van der Waals surface area contributed by atoms with E-state index in [-0.39, 0.29) is 5.56 Å². The average Bonchev–Trinajstić information content (AvgIpc) is 2.78. The minimum absolute atomic E-state index is 0.277. The van der Waals surface area contributed by atoms with Crippen molar-refractivity contribution in [2.75, 3.05) is 6.61 Å². The number of alkyl halides is 3. The molecule has 2 nitrogen and oxygen atoms in total. The summed E-state index contributed by atoms with van der Waals surface area (Å²) in [7, 11) is 0. The first-order valence-corrected chi connectivity index (χ1v) is 11.5. The summed E-state index contributed by atoms with van der Waals surface area (Å²) in [6.45, 7) is 2.68. The number of hydrogen-bond acceptors (Lipinski definition) is 2. The standard InChI is InChI=1S/C26H33F3O2/c1-2-3-4-5-18-31-24-16-14-22(15-17-24)20-8-6-19(7-9-20)21-10-12-23(13-11-21)25(30)26(27,28)29/h2-5,10-13,19-20,22,24H,6-9,14-18H2,1H3/b3-2+,5-4+. The second-order valence-corrected chi connectivity index (χ2v) is 8.88. The Kier molecular flexibility index (Phi) is 8.53. The lowest BCUT2D eigenvalue weighted by atomic mass is 9.69. The molecule has 2 saturated carbocycles. The van der Waals surface area contributed by atoms with Gasteiger partial charge in [-0.2, -0.15) is 13.2 Å². The average molecular weight is 435 g/mol. The number of benzene rings is 1. The van der Waals surface area contributed by atoms with E-state index in [1.165, 1.54) is 37.8 Å². The summed E-state index contributed by atoms with van der Waals surface area (Å²) in [6, 6.07) is 6.06. The molecule has 1 aromatic carbocycles. The molecule has 0 heterocycles. The third-order valence-corrected chi connectivity index (χ3v) is 6.93. The van der Waals surface area contributed by atoms with Crippen LogP contribution >= 0.6 is 0 Å². The Bertz CT molecular complexity index is 748. The van der Waals surface area contributed by atoms with Gasteiger partial charge in [0.15, 0.2) is 0 Å². The normalized spacial score (nSPS) is 27.7. The van der Waals surface area contributed by atoms with Crippen molar-refractivity contribution in [1.82, 2.24) is 0 Å². The topological polar surface area (TPSA) is 26.3 Å². The van der Waals surface area contributed by atoms with E-state index in [1.54, 1.807) is 12.1 Å². The van der Waals surface area contributed by atoms with Crippen LogP contribution < -0.4 is 0 Å². The van der Waals surface area contributed by atoms with Gasteiger partial charge in [0.2, 0.25) is 0 Å². The summed E-state index contributed by atoms with van der Waals surface area (Å²) in [5, 5.41) is 0. The molecule has 0 atom stereocenters. The van der Waals surface area contributed by atoms with E-state index < -0.39 is 12.0 Å². The minimum Gasteiger partial charge on any atom is -0.374 e. The zero-order valence-electron chi connectivity index (χ0n) is 18.2. The van der Waals surface area contributed by atoms with E-state index in [4.69, 9.17) is 4.74 Å². The Hall–Kier alpha value is -1.88. The molecule has 2 fully saturated rings. The first-order valence-electron chi connectivity index (χ1n) is 11.5. The van der Waals surface area contributed by atoms with E-state index in [2.05, 4.69) is 6.08 Å². The fourth-order valence-corrected chi connectivity index (χ4v) is 5.16. The second kappa shape index (κ2) is 11.1. The monoisotopic (exact) mass is 434 g/mol. The van der Waals surface area contributed by atoms with Gasteiger partial charge < -0.3 is 4.74 Å². The highest BCUT2D eigenvalue weighted by atomic mass is 19.4. The summed E-state index contributed by atoms with van der Waals surface area (Å²) in [5.74, 6) is 0.134. The largest absolute Gasteiger partial charge is 0.454 e. The number of halogens is 3. The Morgan fingerprint density at radius 1 is 0.935 bits per heavy atom. The van der Waals surface area contributed by atoms with Crippen LogP contribution in [0.3, 0.4) is 0 Å². The number of carbonyl (C=O) groups excluding carboxylic acids is 1. The molecule has 0 radical (unpaired) electrons. The first-order chi connectivity index (χ1) is 14.9. The van der Waals surface area contributed by atoms with Crippen LogP contribution in [0.4, 0.5) is 13.2 Å². The maximum atomic E-state index is 12.6. The van der Waals surface area contributed by atoms with E-state index in [0.717, 1.165) is 43.1 Å². The molecule has 1 aromatic rings. The van der Waals surface area contributed by atoms with E-state index in [0.29, 0.717) is 18.6 Å². The summed E-state index contributed by atoms with van der Waals surface area (Å²) in [6.07, 6.45) is 12.9. The highest BCUT2D eigenvalue weighted by Crippen LogP contribution is 2.43.